The maximum Gasteiger partial charge on any atom is 0.261 e. The summed E-state index contributed by atoms with van der Waals surface area (Å²) in [6, 6.07) is 12.3. The number of benzene rings is 2. The van der Waals surface area contributed by atoms with Gasteiger partial charge in [-0.2, -0.15) is 0 Å². The van der Waals surface area contributed by atoms with E-state index in [1.165, 1.54) is 30.6 Å². The summed E-state index contributed by atoms with van der Waals surface area (Å²) < 4.78 is 14.0. The van der Waals surface area contributed by atoms with Gasteiger partial charge in [0, 0.05) is 0 Å². The van der Waals surface area contributed by atoms with Gasteiger partial charge in [0.1, 0.15) is 12.4 Å². The van der Waals surface area contributed by atoms with E-state index < -0.39 is 17.6 Å². The number of hydrogen-bond acceptors (Lipinski definition) is 4. The second kappa shape index (κ2) is 7.56. The number of hydrazine groups is 1. The number of carbonyl (C=O) groups excluding carboxylic acids is 2. The van der Waals surface area contributed by atoms with E-state index in [9.17, 15) is 18.8 Å². The van der Waals surface area contributed by atoms with E-state index in [1.807, 2.05) is 0 Å². The summed E-state index contributed by atoms with van der Waals surface area (Å²) in [4.78, 5) is 40.1. The zero-order valence-corrected chi connectivity index (χ0v) is 13.6. The Hall–Kier alpha value is -3.55. The molecule has 0 spiro atoms. The molecular formula is C18H15FN4O3. The lowest BCUT2D eigenvalue weighted by atomic mass is 10.1. The Kier molecular flexibility index (Phi) is 5.02. The summed E-state index contributed by atoms with van der Waals surface area (Å²) in [6.45, 7) is -0.284. The van der Waals surface area contributed by atoms with Crippen molar-refractivity contribution in [2.45, 2.75) is 13.0 Å². The lowest BCUT2D eigenvalue weighted by Gasteiger charge is -2.09. The largest absolute Gasteiger partial charge is 0.289 e. The molecule has 2 N–H and O–H groups in total. The second-order valence-electron chi connectivity index (χ2n) is 5.59. The summed E-state index contributed by atoms with van der Waals surface area (Å²) in [5.41, 5.74) is 5.30. The van der Waals surface area contributed by atoms with Crippen LogP contribution in [0.4, 0.5) is 4.39 Å². The maximum absolute atomic E-state index is 12.8. The highest BCUT2D eigenvalue weighted by Crippen LogP contribution is 2.04. The zero-order chi connectivity index (χ0) is 18.5. The highest BCUT2D eigenvalue weighted by Gasteiger charge is 2.09. The number of amides is 2. The van der Waals surface area contributed by atoms with Crippen molar-refractivity contribution in [3.05, 3.63) is 76.6 Å². The molecule has 3 rings (SSSR count). The maximum atomic E-state index is 12.8. The Bertz CT molecular complexity index is 1010. The van der Waals surface area contributed by atoms with Crippen molar-refractivity contribution >= 4 is 22.7 Å². The number of carbonyl (C=O) groups is 2. The summed E-state index contributed by atoms with van der Waals surface area (Å²) in [5, 5.41) is 0.406. The monoisotopic (exact) mass is 354 g/mol. The van der Waals surface area contributed by atoms with Gasteiger partial charge in [0.15, 0.2) is 0 Å². The van der Waals surface area contributed by atoms with E-state index in [1.54, 1.807) is 24.3 Å². The number of aromatic nitrogens is 2. The molecule has 0 aliphatic rings. The summed E-state index contributed by atoms with van der Waals surface area (Å²) in [5.74, 6) is -1.43. The highest BCUT2D eigenvalue weighted by atomic mass is 19.1. The van der Waals surface area contributed by atoms with Crippen LogP contribution in [0.5, 0.6) is 0 Å². The van der Waals surface area contributed by atoms with Crippen LogP contribution in [0.2, 0.25) is 0 Å². The minimum atomic E-state index is -0.573. The number of hydrogen-bond donors (Lipinski definition) is 2. The molecule has 8 heteroatoms. The molecule has 0 aliphatic heterocycles. The van der Waals surface area contributed by atoms with Crippen molar-refractivity contribution in [2.75, 3.05) is 0 Å². The number of para-hydroxylation sites is 1. The highest BCUT2D eigenvalue weighted by molar-refractivity contribution is 5.83. The van der Waals surface area contributed by atoms with Crippen molar-refractivity contribution in [3.8, 4) is 0 Å². The predicted molar refractivity (Wildman–Crippen MR) is 92.4 cm³/mol. The third-order valence-electron chi connectivity index (χ3n) is 3.66. The second-order valence-corrected chi connectivity index (χ2v) is 5.59. The first-order valence-corrected chi connectivity index (χ1v) is 7.79. The van der Waals surface area contributed by atoms with Gasteiger partial charge in [0.05, 0.1) is 23.7 Å². The first-order valence-electron chi connectivity index (χ1n) is 7.79. The van der Waals surface area contributed by atoms with Gasteiger partial charge < -0.3 is 0 Å². The Morgan fingerprint density at radius 3 is 2.46 bits per heavy atom. The van der Waals surface area contributed by atoms with E-state index in [4.69, 9.17) is 0 Å². The average Bonchev–Trinajstić information content (AvgIpc) is 2.64. The van der Waals surface area contributed by atoms with Crippen LogP contribution >= 0.6 is 0 Å². The third-order valence-corrected chi connectivity index (χ3v) is 3.66. The Labute approximate surface area is 147 Å². The Morgan fingerprint density at radius 2 is 1.69 bits per heavy atom. The molecule has 1 heterocycles. The lowest BCUT2D eigenvalue weighted by Crippen LogP contribution is -2.44. The molecule has 0 fully saturated rings. The molecule has 0 saturated heterocycles. The Morgan fingerprint density at radius 1 is 1.00 bits per heavy atom. The van der Waals surface area contributed by atoms with E-state index in [-0.39, 0.29) is 18.5 Å². The average molecular weight is 354 g/mol. The zero-order valence-electron chi connectivity index (χ0n) is 13.6. The van der Waals surface area contributed by atoms with Crippen molar-refractivity contribution < 1.29 is 14.0 Å². The van der Waals surface area contributed by atoms with E-state index in [0.717, 1.165) is 4.57 Å². The summed E-state index contributed by atoms with van der Waals surface area (Å²) in [7, 11) is 0. The smallest absolute Gasteiger partial charge is 0.261 e. The summed E-state index contributed by atoms with van der Waals surface area (Å²) >= 11 is 0. The fourth-order valence-electron chi connectivity index (χ4n) is 2.38. The van der Waals surface area contributed by atoms with Crippen LogP contribution in [0, 0.1) is 5.82 Å². The van der Waals surface area contributed by atoms with Gasteiger partial charge in [0.25, 0.3) is 11.5 Å². The van der Waals surface area contributed by atoms with Crippen molar-refractivity contribution in [1.29, 1.82) is 0 Å². The topological polar surface area (TPSA) is 93.1 Å². The molecule has 0 bridgehead atoms. The van der Waals surface area contributed by atoms with Gasteiger partial charge >= 0.3 is 0 Å². The molecule has 26 heavy (non-hydrogen) atoms. The van der Waals surface area contributed by atoms with Gasteiger partial charge in [-0.15, -0.1) is 0 Å². The third kappa shape index (κ3) is 4.10. The molecule has 3 aromatic rings. The van der Waals surface area contributed by atoms with E-state index in [0.29, 0.717) is 16.5 Å². The molecule has 2 amide bonds. The first kappa shape index (κ1) is 17.3. The number of nitrogens with one attached hydrogen (secondary N) is 2. The SMILES string of the molecule is O=C(Cc1ccc(F)cc1)NNC(=O)Cn1cnc2ccccc2c1=O. The minimum absolute atomic E-state index is 0.0158. The normalized spacial score (nSPS) is 10.5. The van der Waals surface area contributed by atoms with Crippen LogP contribution in [-0.2, 0) is 22.6 Å². The van der Waals surface area contributed by atoms with Crippen LogP contribution in [0.15, 0.2) is 59.7 Å². The van der Waals surface area contributed by atoms with Crippen LogP contribution in [0.25, 0.3) is 10.9 Å². The molecule has 0 radical (unpaired) electrons. The molecule has 2 aromatic carbocycles. The molecular weight excluding hydrogens is 339 g/mol. The van der Waals surface area contributed by atoms with Crippen molar-refractivity contribution in [1.82, 2.24) is 20.4 Å². The summed E-state index contributed by atoms with van der Waals surface area (Å²) in [6.07, 6.45) is 1.27. The van der Waals surface area contributed by atoms with Gasteiger partial charge in [0.2, 0.25) is 5.91 Å². The fourth-order valence-corrected chi connectivity index (χ4v) is 2.38. The van der Waals surface area contributed by atoms with Crippen LogP contribution < -0.4 is 16.4 Å². The molecule has 7 nitrogen and oxygen atoms in total. The fraction of sp³-hybridized carbons (Fsp3) is 0.111. The number of fused-ring (bicyclic) bond motifs is 1. The lowest BCUT2D eigenvalue weighted by molar-refractivity contribution is -0.128. The predicted octanol–water partition coefficient (Wildman–Crippen LogP) is 0.926. The van der Waals surface area contributed by atoms with E-state index >= 15 is 0 Å². The van der Waals surface area contributed by atoms with Gasteiger partial charge in [-0.05, 0) is 29.8 Å². The number of rotatable bonds is 4. The molecule has 1 aromatic heterocycles. The molecule has 0 unspecified atom stereocenters. The van der Waals surface area contributed by atoms with Crippen LogP contribution in [0.3, 0.4) is 0 Å². The standard InChI is InChI=1S/C18H15FN4O3/c19-13-7-5-12(6-8-13)9-16(24)21-22-17(25)10-23-11-20-15-4-2-1-3-14(15)18(23)26/h1-8,11H,9-10H2,(H,21,24)(H,22,25). The molecule has 132 valence electrons. The van der Waals surface area contributed by atoms with Gasteiger partial charge in [-0.1, -0.05) is 24.3 Å². The number of halogens is 1. The first-order chi connectivity index (χ1) is 12.5. The van der Waals surface area contributed by atoms with Crippen molar-refractivity contribution in [3.63, 3.8) is 0 Å². The van der Waals surface area contributed by atoms with Gasteiger partial charge in [-0.25, -0.2) is 9.37 Å². The van der Waals surface area contributed by atoms with E-state index in [2.05, 4.69) is 15.8 Å². The number of nitrogens with zero attached hydrogens (tertiary/aromatic N) is 2. The molecule has 0 saturated carbocycles. The van der Waals surface area contributed by atoms with Crippen LogP contribution in [-0.4, -0.2) is 21.4 Å². The van der Waals surface area contributed by atoms with Gasteiger partial charge in [-0.3, -0.25) is 29.8 Å². The minimum Gasteiger partial charge on any atom is -0.289 e. The Balaban J connectivity index is 1.57. The quantitative estimate of drug-likeness (QED) is 0.682. The van der Waals surface area contributed by atoms with Crippen molar-refractivity contribution in [2.24, 2.45) is 0 Å². The molecule has 0 aliphatic carbocycles. The van der Waals surface area contributed by atoms with Crippen LogP contribution in [0.1, 0.15) is 5.56 Å². The molecule has 0 atom stereocenters.